The predicted molar refractivity (Wildman–Crippen MR) is 193 cm³/mol. The second-order valence-corrected chi connectivity index (χ2v) is 14.7. The quantitative estimate of drug-likeness (QED) is 0.0695. The third kappa shape index (κ3) is 15.0. The summed E-state index contributed by atoms with van der Waals surface area (Å²) in [5.74, 6) is 4.98. The van der Waals surface area contributed by atoms with Crippen molar-refractivity contribution in [2.75, 3.05) is 13.1 Å². The lowest BCUT2D eigenvalue weighted by atomic mass is 9.55. The molecule has 0 bridgehead atoms. The molecule has 43 heavy (non-hydrogen) atoms. The van der Waals surface area contributed by atoms with Crippen molar-refractivity contribution in [3.8, 4) is 0 Å². The van der Waals surface area contributed by atoms with Gasteiger partial charge in [-0.2, -0.15) is 0 Å². The van der Waals surface area contributed by atoms with Crippen molar-refractivity contribution in [3.05, 3.63) is 23.8 Å². The Kier molecular flexibility index (Phi) is 22.9. The highest BCUT2D eigenvalue weighted by atomic mass is 14.5. The highest BCUT2D eigenvalue weighted by Crippen LogP contribution is 2.53. The first-order chi connectivity index (χ1) is 21.2. The first-order valence-corrected chi connectivity index (χ1v) is 20.0. The zero-order chi connectivity index (χ0) is 31.0. The van der Waals surface area contributed by atoms with Crippen LogP contribution in [0.5, 0.6) is 0 Å². The van der Waals surface area contributed by atoms with Gasteiger partial charge in [0.15, 0.2) is 0 Å². The third-order valence-electron chi connectivity index (χ3n) is 11.2. The lowest BCUT2D eigenvalue weighted by Crippen LogP contribution is -2.41. The molecular weight excluding hydrogens is 520 g/mol. The minimum Gasteiger partial charge on any atom is -0.330 e. The van der Waals surface area contributed by atoms with Crippen LogP contribution in [0.15, 0.2) is 23.8 Å². The molecular formula is C41H78N2. The van der Waals surface area contributed by atoms with Gasteiger partial charge in [-0.3, -0.25) is 0 Å². The van der Waals surface area contributed by atoms with Crippen LogP contribution in [0, 0.1) is 35.5 Å². The van der Waals surface area contributed by atoms with Gasteiger partial charge in [0.05, 0.1) is 0 Å². The highest BCUT2D eigenvalue weighted by molar-refractivity contribution is 5.24. The summed E-state index contributed by atoms with van der Waals surface area (Å²) in [6.07, 6.45) is 44.4. The van der Waals surface area contributed by atoms with Gasteiger partial charge in [-0.15, -0.1) is 0 Å². The van der Waals surface area contributed by atoms with E-state index >= 15 is 0 Å². The third-order valence-corrected chi connectivity index (χ3v) is 11.2. The van der Waals surface area contributed by atoms with Crippen LogP contribution < -0.4 is 11.5 Å². The summed E-state index contributed by atoms with van der Waals surface area (Å²) < 4.78 is 0. The Bertz CT molecular complexity index is 696. The molecule has 0 fully saturated rings. The Morgan fingerprint density at radius 1 is 0.465 bits per heavy atom. The van der Waals surface area contributed by atoms with Crippen LogP contribution in [-0.2, 0) is 0 Å². The van der Waals surface area contributed by atoms with Gasteiger partial charge < -0.3 is 11.5 Å². The average Bonchev–Trinajstić information content (AvgIpc) is 3.01. The second-order valence-electron chi connectivity index (χ2n) is 14.7. The molecule has 0 aliphatic heterocycles. The van der Waals surface area contributed by atoms with Crippen LogP contribution >= 0.6 is 0 Å². The van der Waals surface area contributed by atoms with Gasteiger partial charge >= 0.3 is 0 Å². The summed E-state index contributed by atoms with van der Waals surface area (Å²) in [5, 5.41) is 0. The lowest BCUT2D eigenvalue weighted by molar-refractivity contribution is 0.108. The number of fused-ring (bicyclic) bond motifs is 1. The van der Waals surface area contributed by atoms with Crippen molar-refractivity contribution < 1.29 is 0 Å². The molecule has 0 radical (unpaired) electrons. The minimum absolute atomic E-state index is 0.794. The van der Waals surface area contributed by atoms with E-state index in [4.69, 9.17) is 11.5 Å². The summed E-state index contributed by atoms with van der Waals surface area (Å²) in [6.45, 7) is 8.84. The van der Waals surface area contributed by atoms with Crippen molar-refractivity contribution in [2.24, 2.45) is 47.0 Å². The van der Waals surface area contributed by atoms with E-state index in [0.717, 1.165) is 48.6 Å². The van der Waals surface area contributed by atoms with E-state index in [0.29, 0.717) is 0 Å². The fourth-order valence-electron chi connectivity index (χ4n) is 8.77. The normalized spacial score (nSPS) is 25.2. The van der Waals surface area contributed by atoms with Gasteiger partial charge in [-0.25, -0.2) is 0 Å². The molecule has 6 unspecified atom stereocenters. The van der Waals surface area contributed by atoms with E-state index in [1.807, 2.05) is 5.57 Å². The largest absolute Gasteiger partial charge is 0.330 e. The van der Waals surface area contributed by atoms with Crippen molar-refractivity contribution in [2.45, 2.75) is 188 Å². The molecule has 0 heterocycles. The molecule has 0 saturated carbocycles. The first-order valence-electron chi connectivity index (χ1n) is 20.0. The first kappa shape index (κ1) is 38.6. The van der Waals surface area contributed by atoms with Gasteiger partial charge in [0.2, 0.25) is 0 Å². The standard InChI is InChI=1S/C41H78N2/c1-4-7-18-25-35-30-31-40-38(28-22-15-11-13-17-24-33-43)36(26-21-14-10-12-16-23-32-42)34-37(27-19-8-5-2)41(40)39(35)29-20-9-6-3/h30-31,34-36,38-41H,4-29,32-33,42-43H2,1-3H3. The van der Waals surface area contributed by atoms with Crippen LogP contribution in [0.2, 0.25) is 0 Å². The van der Waals surface area contributed by atoms with Crippen LogP contribution in [0.3, 0.4) is 0 Å². The highest BCUT2D eigenvalue weighted by Gasteiger charge is 2.44. The minimum atomic E-state index is 0.794. The smallest absolute Gasteiger partial charge is 0.00773 e. The van der Waals surface area contributed by atoms with E-state index in [9.17, 15) is 0 Å². The molecule has 2 nitrogen and oxygen atoms in total. The molecule has 2 aliphatic rings. The fraction of sp³-hybridized carbons (Fsp3) is 0.902. The molecule has 0 saturated heterocycles. The van der Waals surface area contributed by atoms with E-state index in [1.165, 1.54) is 167 Å². The summed E-state index contributed by atoms with van der Waals surface area (Å²) in [4.78, 5) is 0. The van der Waals surface area contributed by atoms with Gasteiger partial charge in [-0.1, -0.05) is 160 Å². The van der Waals surface area contributed by atoms with E-state index < -0.39 is 0 Å². The van der Waals surface area contributed by atoms with Gasteiger partial charge in [0.25, 0.3) is 0 Å². The van der Waals surface area contributed by atoms with Gasteiger partial charge in [0.1, 0.15) is 0 Å². The lowest BCUT2D eigenvalue weighted by Gasteiger charge is -2.49. The maximum Gasteiger partial charge on any atom is -0.00773 e. The number of unbranched alkanes of at least 4 members (excludes halogenated alkanes) is 16. The van der Waals surface area contributed by atoms with E-state index in [-0.39, 0.29) is 0 Å². The fourth-order valence-corrected chi connectivity index (χ4v) is 8.77. The Morgan fingerprint density at radius 2 is 0.930 bits per heavy atom. The Morgan fingerprint density at radius 3 is 1.53 bits per heavy atom. The Labute approximate surface area is 271 Å². The van der Waals surface area contributed by atoms with Crippen LogP contribution in [0.4, 0.5) is 0 Å². The summed E-state index contributed by atoms with van der Waals surface area (Å²) in [7, 11) is 0. The summed E-state index contributed by atoms with van der Waals surface area (Å²) in [6, 6.07) is 0. The maximum absolute atomic E-state index is 5.75. The maximum atomic E-state index is 5.75. The molecule has 0 spiro atoms. The molecule has 0 amide bonds. The number of hydrogen-bond donors (Lipinski definition) is 2. The van der Waals surface area contributed by atoms with Crippen molar-refractivity contribution in [1.29, 1.82) is 0 Å². The van der Waals surface area contributed by atoms with Crippen LogP contribution in [0.1, 0.15) is 188 Å². The monoisotopic (exact) mass is 599 g/mol. The van der Waals surface area contributed by atoms with E-state index in [2.05, 4.69) is 39.0 Å². The topological polar surface area (TPSA) is 52.0 Å². The zero-order valence-corrected chi connectivity index (χ0v) is 29.6. The SMILES string of the molecule is CCCCCC1=CC(CCCCCCCCN)C(CCCCCCCCN)C2C=CC(CCCCC)C(CCCCC)C12. The molecule has 0 aromatic heterocycles. The molecule has 252 valence electrons. The van der Waals surface area contributed by atoms with Crippen LogP contribution in [-0.4, -0.2) is 13.1 Å². The molecule has 0 aromatic rings. The van der Waals surface area contributed by atoms with Crippen molar-refractivity contribution in [3.63, 3.8) is 0 Å². The van der Waals surface area contributed by atoms with Crippen LogP contribution in [0.25, 0.3) is 0 Å². The van der Waals surface area contributed by atoms with Gasteiger partial charge in [0, 0.05) is 0 Å². The van der Waals surface area contributed by atoms with Gasteiger partial charge in [-0.05, 0) is 100.0 Å². The number of allylic oxidation sites excluding steroid dienone is 4. The summed E-state index contributed by atoms with van der Waals surface area (Å²) >= 11 is 0. The molecule has 2 heteroatoms. The second kappa shape index (κ2) is 25.6. The van der Waals surface area contributed by atoms with Crippen molar-refractivity contribution >= 4 is 0 Å². The number of rotatable bonds is 28. The molecule has 2 rings (SSSR count). The molecule has 2 aliphatic carbocycles. The molecule has 6 atom stereocenters. The predicted octanol–water partition coefficient (Wildman–Crippen LogP) is 12.3. The average molecular weight is 599 g/mol. The van der Waals surface area contributed by atoms with E-state index in [1.54, 1.807) is 0 Å². The molecule has 0 aromatic carbocycles. The number of hydrogen-bond acceptors (Lipinski definition) is 2. The number of nitrogens with two attached hydrogens (primary N) is 2. The summed E-state index contributed by atoms with van der Waals surface area (Å²) in [5.41, 5.74) is 13.4. The zero-order valence-electron chi connectivity index (χ0n) is 29.6. The Balaban J connectivity index is 2.25. The Hall–Kier alpha value is -0.600. The van der Waals surface area contributed by atoms with Crippen molar-refractivity contribution in [1.82, 2.24) is 0 Å². The molecule has 4 N–H and O–H groups in total.